The van der Waals surface area contributed by atoms with Gasteiger partial charge in [0.25, 0.3) is 0 Å². The number of halogens is 1. The maximum Gasteiger partial charge on any atom is 0.147 e. The van der Waals surface area contributed by atoms with E-state index < -0.39 is 10.8 Å². The number of nitrogens with zero attached hydrogens (tertiary/aromatic N) is 3. The highest BCUT2D eigenvalue weighted by Gasteiger charge is 2.16. The van der Waals surface area contributed by atoms with Crippen molar-refractivity contribution < 1.29 is 8.60 Å². The highest BCUT2D eigenvalue weighted by molar-refractivity contribution is 7.85. The van der Waals surface area contributed by atoms with E-state index in [9.17, 15) is 8.60 Å². The van der Waals surface area contributed by atoms with E-state index in [4.69, 9.17) is 0 Å². The molecule has 0 unspecified atom stereocenters. The fourth-order valence-corrected chi connectivity index (χ4v) is 4.42. The second-order valence-electron chi connectivity index (χ2n) is 6.46. The average molecular weight is 372 g/mol. The number of aromatic nitrogens is 2. The summed E-state index contributed by atoms with van der Waals surface area (Å²) in [7, 11) is 1.13. The van der Waals surface area contributed by atoms with Gasteiger partial charge in [-0.1, -0.05) is 24.3 Å². The lowest BCUT2D eigenvalue weighted by Gasteiger charge is -2.26. The monoisotopic (exact) mass is 372 g/mol. The Morgan fingerprint density at radius 3 is 2.58 bits per heavy atom. The summed E-state index contributed by atoms with van der Waals surface area (Å²) < 4.78 is 27.8. The van der Waals surface area contributed by atoms with Gasteiger partial charge in [0.2, 0.25) is 0 Å². The standard InChI is InChI=1S/C19H21FN4OS/c1-21-17-13-24-18(22-17)7-6-16(20)19(24)15-4-2-14(3-5-15)12-23-8-10-26(25)11-9-23/h2-7,13,21H,8-12H2,1H3. The van der Waals surface area contributed by atoms with Crippen LogP contribution < -0.4 is 5.32 Å². The molecule has 1 aromatic carbocycles. The molecule has 26 heavy (non-hydrogen) atoms. The van der Waals surface area contributed by atoms with Gasteiger partial charge in [0.15, 0.2) is 0 Å². The lowest BCUT2D eigenvalue weighted by atomic mass is 10.1. The quantitative estimate of drug-likeness (QED) is 0.765. The van der Waals surface area contributed by atoms with Crippen LogP contribution in [0, 0.1) is 5.82 Å². The van der Waals surface area contributed by atoms with Gasteiger partial charge in [-0.05, 0) is 17.7 Å². The van der Waals surface area contributed by atoms with Crippen LogP contribution in [0.4, 0.5) is 10.2 Å². The van der Waals surface area contributed by atoms with Crippen molar-refractivity contribution in [2.45, 2.75) is 6.54 Å². The van der Waals surface area contributed by atoms with Gasteiger partial charge in [-0.25, -0.2) is 9.37 Å². The van der Waals surface area contributed by atoms with E-state index in [0.717, 1.165) is 36.7 Å². The SMILES string of the molecule is CNc1cn2c(-c3ccc(CN4CCS(=O)CC4)cc3)c(F)ccc2n1. The van der Waals surface area contributed by atoms with Gasteiger partial charge in [0, 0.05) is 54.6 Å². The minimum absolute atomic E-state index is 0.274. The third-order valence-electron chi connectivity index (χ3n) is 4.74. The molecule has 0 atom stereocenters. The summed E-state index contributed by atoms with van der Waals surface area (Å²) in [6.45, 7) is 2.56. The Morgan fingerprint density at radius 1 is 1.15 bits per heavy atom. The normalized spacial score (nSPS) is 16.2. The van der Waals surface area contributed by atoms with Crippen molar-refractivity contribution in [3.05, 3.63) is 54.0 Å². The molecule has 7 heteroatoms. The van der Waals surface area contributed by atoms with Crippen molar-refractivity contribution >= 4 is 22.3 Å². The van der Waals surface area contributed by atoms with Crippen LogP contribution in [0.1, 0.15) is 5.56 Å². The Labute approximate surface area is 154 Å². The number of nitrogens with one attached hydrogen (secondary N) is 1. The molecule has 1 aliphatic heterocycles. The number of hydrogen-bond acceptors (Lipinski definition) is 4. The molecular weight excluding hydrogens is 351 g/mol. The summed E-state index contributed by atoms with van der Waals surface area (Å²) in [4.78, 5) is 6.73. The van der Waals surface area contributed by atoms with E-state index in [1.807, 2.05) is 24.3 Å². The maximum absolute atomic E-state index is 14.5. The predicted octanol–water partition coefficient (Wildman–Crippen LogP) is 2.75. The predicted molar refractivity (Wildman–Crippen MR) is 103 cm³/mol. The molecule has 0 amide bonds. The molecule has 1 saturated heterocycles. The summed E-state index contributed by atoms with van der Waals surface area (Å²) in [5, 5.41) is 2.99. The molecule has 2 aromatic heterocycles. The van der Waals surface area contributed by atoms with Crippen molar-refractivity contribution in [3.8, 4) is 11.3 Å². The Balaban J connectivity index is 1.61. The van der Waals surface area contributed by atoms with Crippen LogP contribution in [0.3, 0.4) is 0 Å². The molecule has 0 saturated carbocycles. The van der Waals surface area contributed by atoms with Gasteiger partial charge in [0.1, 0.15) is 17.3 Å². The molecule has 4 rings (SSSR count). The smallest absolute Gasteiger partial charge is 0.147 e. The topological polar surface area (TPSA) is 49.6 Å². The first kappa shape index (κ1) is 17.2. The van der Waals surface area contributed by atoms with E-state index in [0.29, 0.717) is 17.2 Å². The van der Waals surface area contributed by atoms with Gasteiger partial charge < -0.3 is 5.32 Å². The van der Waals surface area contributed by atoms with Crippen LogP contribution in [0.5, 0.6) is 0 Å². The lowest BCUT2D eigenvalue weighted by Crippen LogP contribution is -2.37. The van der Waals surface area contributed by atoms with Gasteiger partial charge in [-0.3, -0.25) is 13.5 Å². The highest BCUT2D eigenvalue weighted by Crippen LogP contribution is 2.26. The second-order valence-corrected chi connectivity index (χ2v) is 8.15. The molecule has 1 fully saturated rings. The van der Waals surface area contributed by atoms with E-state index in [-0.39, 0.29) is 5.82 Å². The molecule has 136 valence electrons. The van der Waals surface area contributed by atoms with Crippen LogP contribution in [0.25, 0.3) is 16.9 Å². The third-order valence-corrected chi connectivity index (χ3v) is 6.01. The Bertz CT molecular complexity index is 944. The van der Waals surface area contributed by atoms with Crippen LogP contribution >= 0.6 is 0 Å². The number of hydrogen-bond donors (Lipinski definition) is 1. The minimum atomic E-state index is -0.660. The van der Waals surface area contributed by atoms with Crippen LogP contribution in [0.2, 0.25) is 0 Å². The summed E-state index contributed by atoms with van der Waals surface area (Å²) in [6, 6.07) is 11.1. The first-order valence-electron chi connectivity index (χ1n) is 8.66. The van der Waals surface area contributed by atoms with Crippen LogP contribution in [-0.2, 0) is 17.3 Å². The number of rotatable bonds is 4. The molecule has 1 aliphatic rings. The molecule has 3 aromatic rings. The lowest BCUT2D eigenvalue weighted by molar-refractivity contribution is 0.291. The summed E-state index contributed by atoms with van der Waals surface area (Å²) in [6.07, 6.45) is 1.80. The average Bonchev–Trinajstić information content (AvgIpc) is 3.08. The van der Waals surface area contributed by atoms with Gasteiger partial charge in [-0.2, -0.15) is 0 Å². The molecule has 0 radical (unpaired) electrons. The summed E-state index contributed by atoms with van der Waals surface area (Å²) in [5.41, 5.74) is 3.21. The van der Waals surface area contributed by atoms with Crippen LogP contribution in [-0.4, -0.2) is 50.1 Å². The molecule has 0 aliphatic carbocycles. The van der Waals surface area contributed by atoms with E-state index in [2.05, 4.69) is 15.2 Å². The van der Waals surface area contributed by atoms with Gasteiger partial charge in [0.05, 0.1) is 11.9 Å². The van der Waals surface area contributed by atoms with E-state index in [1.54, 1.807) is 23.7 Å². The minimum Gasteiger partial charge on any atom is -0.372 e. The van der Waals surface area contributed by atoms with Crippen LogP contribution in [0.15, 0.2) is 42.6 Å². The fourth-order valence-electron chi connectivity index (χ4n) is 3.29. The van der Waals surface area contributed by atoms with Crippen molar-refractivity contribution in [2.75, 3.05) is 37.0 Å². The largest absolute Gasteiger partial charge is 0.372 e. The fraction of sp³-hybridized carbons (Fsp3) is 0.316. The molecule has 0 spiro atoms. The van der Waals surface area contributed by atoms with Crippen molar-refractivity contribution in [2.24, 2.45) is 0 Å². The Kier molecular flexibility index (Phi) is 4.74. The number of pyridine rings is 1. The molecule has 5 nitrogen and oxygen atoms in total. The van der Waals surface area contributed by atoms with E-state index in [1.165, 1.54) is 11.6 Å². The maximum atomic E-state index is 14.5. The van der Waals surface area contributed by atoms with Gasteiger partial charge >= 0.3 is 0 Å². The Morgan fingerprint density at radius 2 is 1.88 bits per heavy atom. The number of anilines is 1. The highest BCUT2D eigenvalue weighted by atomic mass is 32.2. The zero-order valence-corrected chi connectivity index (χ0v) is 15.4. The third kappa shape index (κ3) is 3.37. The van der Waals surface area contributed by atoms with Gasteiger partial charge in [-0.15, -0.1) is 0 Å². The first-order valence-corrected chi connectivity index (χ1v) is 10.1. The molecule has 0 bridgehead atoms. The first-order chi connectivity index (χ1) is 12.6. The summed E-state index contributed by atoms with van der Waals surface area (Å²) in [5.74, 6) is 1.93. The Hall–Kier alpha value is -2.25. The van der Waals surface area contributed by atoms with Crippen molar-refractivity contribution in [1.29, 1.82) is 0 Å². The zero-order chi connectivity index (χ0) is 18.1. The molecule has 3 heterocycles. The van der Waals surface area contributed by atoms with Crippen molar-refractivity contribution in [1.82, 2.24) is 14.3 Å². The zero-order valence-electron chi connectivity index (χ0n) is 14.6. The number of fused-ring (bicyclic) bond motifs is 1. The van der Waals surface area contributed by atoms with E-state index >= 15 is 0 Å². The number of imidazole rings is 1. The summed E-state index contributed by atoms with van der Waals surface area (Å²) >= 11 is 0. The second kappa shape index (κ2) is 7.17. The number of benzene rings is 1. The van der Waals surface area contributed by atoms with Crippen molar-refractivity contribution in [3.63, 3.8) is 0 Å². The molecular formula is C19H21FN4OS. The molecule has 1 N–H and O–H groups in total.